The molecular weight excluding hydrogens is 624 g/mol. The molecule has 3 aromatic rings. The molecule has 0 saturated carbocycles. The second-order valence-corrected chi connectivity index (χ2v) is 12.0. The van der Waals surface area contributed by atoms with Crippen molar-refractivity contribution in [1.82, 2.24) is 0 Å². The van der Waals surface area contributed by atoms with Crippen LogP contribution < -0.4 is 9.80 Å². The highest BCUT2D eigenvalue weighted by Gasteiger charge is 2.14. The van der Waals surface area contributed by atoms with Gasteiger partial charge < -0.3 is 19.3 Å². The van der Waals surface area contributed by atoms with Crippen molar-refractivity contribution < 1.29 is 19.1 Å². The zero-order valence-electron chi connectivity index (χ0n) is 30.4. The van der Waals surface area contributed by atoms with Crippen molar-refractivity contribution in [2.45, 2.75) is 67.2 Å². The van der Waals surface area contributed by atoms with E-state index in [0.717, 1.165) is 85.5 Å². The molecule has 0 aliphatic heterocycles. The van der Waals surface area contributed by atoms with Crippen LogP contribution in [0.1, 0.15) is 73.9 Å². The second-order valence-electron chi connectivity index (χ2n) is 12.0. The van der Waals surface area contributed by atoms with E-state index < -0.39 is 11.9 Å². The lowest BCUT2D eigenvalue weighted by atomic mass is 9.98. The normalized spacial score (nSPS) is 11.4. The van der Waals surface area contributed by atoms with Gasteiger partial charge in [0.2, 0.25) is 0 Å². The van der Waals surface area contributed by atoms with Crippen LogP contribution in [0.5, 0.6) is 0 Å². The van der Waals surface area contributed by atoms with Gasteiger partial charge in [-0.3, -0.25) is 0 Å². The van der Waals surface area contributed by atoms with E-state index in [1.807, 2.05) is 38.1 Å². The molecule has 262 valence electrons. The fraction of sp³-hybridized carbons (Fsp3) is 0.381. The predicted octanol–water partition coefficient (Wildman–Crippen LogP) is 8.16. The van der Waals surface area contributed by atoms with Crippen LogP contribution in [0.4, 0.5) is 11.4 Å². The molecule has 0 aliphatic rings. The van der Waals surface area contributed by atoms with Gasteiger partial charge in [0.15, 0.2) is 0 Å². The molecule has 3 aromatic carbocycles. The van der Waals surface area contributed by atoms with E-state index in [-0.39, 0.29) is 24.4 Å². The molecule has 8 nitrogen and oxygen atoms in total. The van der Waals surface area contributed by atoms with Gasteiger partial charge >= 0.3 is 11.9 Å². The Bertz CT molecular complexity index is 1630. The van der Waals surface area contributed by atoms with Crippen LogP contribution >= 0.6 is 0 Å². The Hall–Kier alpha value is -5.34. The lowest BCUT2D eigenvalue weighted by molar-refractivity contribution is -0.138. The van der Waals surface area contributed by atoms with Crippen molar-refractivity contribution in [3.8, 4) is 12.1 Å². The molecule has 0 spiro atoms. The summed E-state index contributed by atoms with van der Waals surface area (Å²) < 4.78 is 10.0. The van der Waals surface area contributed by atoms with Crippen molar-refractivity contribution >= 4 is 35.5 Å². The van der Waals surface area contributed by atoms with E-state index in [4.69, 9.17) is 9.47 Å². The summed E-state index contributed by atoms with van der Waals surface area (Å²) in [5.74, 6) is -1.20. The minimum absolute atomic E-state index is 0.00199. The van der Waals surface area contributed by atoms with Gasteiger partial charge in [-0.05, 0) is 137 Å². The van der Waals surface area contributed by atoms with Crippen LogP contribution in [0.2, 0.25) is 0 Å². The number of ether oxygens (including phenoxy) is 2. The minimum atomic E-state index is -0.601. The Morgan fingerprint density at radius 3 is 1.38 bits per heavy atom. The number of hydrogen-bond donors (Lipinski definition) is 0. The molecule has 50 heavy (non-hydrogen) atoms. The highest BCUT2D eigenvalue weighted by atomic mass is 16.5. The number of rotatable bonds is 18. The third-order valence-electron chi connectivity index (χ3n) is 8.70. The van der Waals surface area contributed by atoms with E-state index in [1.54, 1.807) is 26.0 Å². The first-order valence-electron chi connectivity index (χ1n) is 17.5. The van der Waals surface area contributed by atoms with Gasteiger partial charge in [0.05, 0.1) is 13.2 Å². The zero-order valence-corrected chi connectivity index (χ0v) is 30.4. The van der Waals surface area contributed by atoms with Crippen molar-refractivity contribution in [1.29, 1.82) is 10.5 Å². The summed E-state index contributed by atoms with van der Waals surface area (Å²) in [6.07, 6.45) is 7.19. The smallest absolute Gasteiger partial charge is 0.348 e. The number of carbonyl (C=O) groups excluding carboxylic acids is 2. The van der Waals surface area contributed by atoms with Gasteiger partial charge in [-0.2, -0.15) is 10.5 Å². The second kappa shape index (κ2) is 20.2. The van der Waals surface area contributed by atoms with E-state index in [9.17, 15) is 20.1 Å². The average molecular weight is 675 g/mol. The summed E-state index contributed by atoms with van der Waals surface area (Å²) in [4.78, 5) is 28.9. The predicted molar refractivity (Wildman–Crippen MR) is 202 cm³/mol. The number of nitrogens with zero attached hydrogens (tertiary/aromatic N) is 4. The molecule has 0 amide bonds. The Balaban J connectivity index is 1.61. The quantitative estimate of drug-likeness (QED) is 0.0756. The summed E-state index contributed by atoms with van der Waals surface area (Å²) >= 11 is 0. The first-order chi connectivity index (χ1) is 24.2. The van der Waals surface area contributed by atoms with Crippen LogP contribution in [-0.2, 0) is 31.9 Å². The van der Waals surface area contributed by atoms with Gasteiger partial charge in [0, 0.05) is 37.6 Å². The molecule has 0 unspecified atom stereocenters. The van der Waals surface area contributed by atoms with E-state index >= 15 is 0 Å². The Morgan fingerprint density at radius 1 is 0.660 bits per heavy atom. The fourth-order valence-corrected chi connectivity index (χ4v) is 5.95. The molecule has 0 saturated heterocycles. The fourth-order valence-electron chi connectivity index (χ4n) is 5.95. The van der Waals surface area contributed by atoms with Crippen LogP contribution in [0.3, 0.4) is 0 Å². The summed E-state index contributed by atoms with van der Waals surface area (Å²) in [7, 11) is 0. The van der Waals surface area contributed by atoms with Gasteiger partial charge in [-0.1, -0.05) is 36.4 Å². The lowest BCUT2D eigenvalue weighted by Gasteiger charge is -2.25. The molecule has 0 aliphatic carbocycles. The molecule has 0 heterocycles. The summed E-state index contributed by atoms with van der Waals surface area (Å²) in [5.41, 5.74) is 8.65. The highest BCUT2D eigenvalue weighted by Crippen LogP contribution is 2.24. The molecule has 0 radical (unpaired) electrons. The third-order valence-corrected chi connectivity index (χ3v) is 8.70. The van der Waals surface area contributed by atoms with Gasteiger partial charge in [0.25, 0.3) is 0 Å². The summed E-state index contributed by atoms with van der Waals surface area (Å²) in [6.45, 7) is 15.8. The number of hydrogen-bond acceptors (Lipinski definition) is 8. The maximum absolute atomic E-state index is 12.1. The van der Waals surface area contributed by atoms with Crippen LogP contribution in [-0.4, -0.2) is 51.3 Å². The number of nitriles is 2. The highest BCUT2D eigenvalue weighted by molar-refractivity contribution is 5.98. The largest absolute Gasteiger partial charge is 0.462 e. The van der Waals surface area contributed by atoms with E-state index in [2.05, 4.69) is 72.2 Å². The van der Waals surface area contributed by atoms with Crippen molar-refractivity contribution in [3.05, 3.63) is 105 Å². The molecule has 0 aromatic heterocycles. The maximum atomic E-state index is 12.1. The molecule has 0 N–H and O–H groups in total. The summed E-state index contributed by atoms with van der Waals surface area (Å²) in [6, 6.07) is 24.9. The average Bonchev–Trinajstić information content (AvgIpc) is 3.11. The summed E-state index contributed by atoms with van der Waals surface area (Å²) in [5, 5.41) is 18.8. The van der Waals surface area contributed by atoms with Gasteiger partial charge in [0.1, 0.15) is 23.3 Å². The third kappa shape index (κ3) is 11.1. The lowest BCUT2D eigenvalue weighted by Crippen LogP contribution is -2.25. The number of benzene rings is 3. The topological polar surface area (TPSA) is 107 Å². The van der Waals surface area contributed by atoms with Crippen LogP contribution in [0, 0.1) is 36.5 Å². The first kappa shape index (κ1) is 39.1. The molecule has 3 rings (SSSR count). The number of anilines is 2. The molecule has 8 heteroatoms. The van der Waals surface area contributed by atoms with Gasteiger partial charge in [-0.25, -0.2) is 9.59 Å². The molecule has 0 fully saturated rings. The van der Waals surface area contributed by atoms with E-state index in [1.165, 1.54) is 11.1 Å². The number of carbonyl (C=O) groups is 2. The Labute approximate surface area is 298 Å². The van der Waals surface area contributed by atoms with Crippen LogP contribution in [0.25, 0.3) is 12.2 Å². The molecule has 0 bridgehead atoms. The Morgan fingerprint density at radius 2 is 1.06 bits per heavy atom. The van der Waals surface area contributed by atoms with Crippen LogP contribution in [0.15, 0.2) is 71.8 Å². The molecular formula is C42H50N4O4. The monoisotopic (exact) mass is 674 g/mol. The standard InChI is InChI=1S/C42H50N4O4/c1-7-45(39-21-19-35(31(5)25-39)27-37(29-43)41(47)49-9-3)23-13-17-33-15-11-12-16-34(33)18-14-24-46(8-2)40-22-20-36(32(6)26-40)28-38(30-44)42(48)50-10-4/h11-12,15-16,19-22,25-28H,7-10,13-14,17-18,23-24H2,1-6H3. The van der Waals surface area contributed by atoms with Crippen molar-refractivity contribution in [2.75, 3.05) is 49.2 Å². The number of esters is 2. The molecule has 0 atom stereocenters. The maximum Gasteiger partial charge on any atom is 0.348 e. The van der Waals surface area contributed by atoms with Gasteiger partial charge in [-0.15, -0.1) is 0 Å². The Kier molecular flexibility index (Phi) is 15.8. The van der Waals surface area contributed by atoms with Crippen molar-refractivity contribution in [2.24, 2.45) is 0 Å². The van der Waals surface area contributed by atoms with Crippen molar-refractivity contribution in [3.63, 3.8) is 0 Å². The zero-order chi connectivity index (χ0) is 36.5. The first-order valence-corrected chi connectivity index (χ1v) is 17.5. The number of aryl methyl sites for hydroxylation is 4. The minimum Gasteiger partial charge on any atom is -0.462 e. The SMILES string of the molecule is CCOC(=O)C(C#N)=Cc1ccc(N(CC)CCCc2ccccc2CCCN(CC)c2ccc(C=C(C#N)C(=O)OCC)c(C)c2)cc1C. The van der Waals surface area contributed by atoms with E-state index in [0.29, 0.717) is 0 Å².